The van der Waals surface area contributed by atoms with Crippen molar-refractivity contribution in [2.75, 3.05) is 24.5 Å². The van der Waals surface area contributed by atoms with Gasteiger partial charge in [0.25, 0.3) is 5.91 Å². The van der Waals surface area contributed by atoms with Gasteiger partial charge in [-0.05, 0) is 26.8 Å². The normalized spacial score (nSPS) is 20.0. The molecule has 3 atom stereocenters. The van der Waals surface area contributed by atoms with Gasteiger partial charge in [0, 0.05) is 18.3 Å². The predicted octanol–water partition coefficient (Wildman–Crippen LogP) is 3.80. The molecule has 12 heteroatoms. The molecule has 1 aliphatic rings. The van der Waals surface area contributed by atoms with Crippen LogP contribution in [0.2, 0.25) is 10.0 Å². The number of hydrogen-bond acceptors (Lipinski definition) is 6. The van der Waals surface area contributed by atoms with Crippen LogP contribution in [0.3, 0.4) is 0 Å². The molecule has 3 rings (SSSR count). The summed E-state index contributed by atoms with van der Waals surface area (Å²) in [5.74, 6) is -1.58. The zero-order valence-electron chi connectivity index (χ0n) is 17.3. The number of thiazole rings is 1. The average Bonchev–Trinajstić information content (AvgIpc) is 3.27. The van der Waals surface area contributed by atoms with Crippen LogP contribution in [-0.2, 0) is 0 Å². The van der Waals surface area contributed by atoms with E-state index >= 15 is 0 Å². The first-order chi connectivity index (χ1) is 14.6. The van der Waals surface area contributed by atoms with Crippen molar-refractivity contribution in [2.24, 2.45) is 0 Å². The number of carbonyl (C=O) groups excluding carboxylic acids is 1. The Kier molecular flexibility index (Phi) is 7.46. The predicted molar refractivity (Wildman–Crippen MR) is 120 cm³/mol. The highest BCUT2D eigenvalue weighted by Gasteiger charge is 2.34. The van der Waals surface area contributed by atoms with Crippen LogP contribution in [0, 0.1) is 6.92 Å². The molecule has 0 bridgehead atoms. The Morgan fingerprint density at radius 3 is 2.68 bits per heavy atom. The molecule has 1 aliphatic heterocycles. The van der Waals surface area contributed by atoms with Gasteiger partial charge in [-0.15, -0.1) is 0 Å². The molecule has 1 saturated heterocycles. The Hall–Kier alpha value is -1.88. The number of rotatable bonds is 7. The summed E-state index contributed by atoms with van der Waals surface area (Å²) in [7, 11) is 0. The SMILES string of the molecule is CCNC(C)c1nc(N2CC[C@@H](NC(=O)c3[nH]c(C)c(Cl)c3Cl)[C@@H](F)C2)sc1C(=O)O. The Balaban J connectivity index is 1.70. The maximum Gasteiger partial charge on any atom is 0.347 e. The van der Waals surface area contributed by atoms with Crippen molar-refractivity contribution in [3.05, 3.63) is 32.0 Å². The highest BCUT2D eigenvalue weighted by Crippen LogP contribution is 2.33. The molecule has 170 valence electrons. The second-order valence-corrected chi connectivity index (χ2v) is 9.11. The van der Waals surface area contributed by atoms with E-state index in [0.29, 0.717) is 36.0 Å². The Labute approximate surface area is 193 Å². The molecule has 0 spiro atoms. The van der Waals surface area contributed by atoms with Crippen molar-refractivity contribution < 1.29 is 19.1 Å². The molecule has 1 amide bonds. The molecular formula is C19H24Cl2FN5O3S. The van der Waals surface area contributed by atoms with E-state index in [1.807, 2.05) is 13.8 Å². The highest BCUT2D eigenvalue weighted by molar-refractivity contribution is 7.17. The van der Waals surface area contributed by atoms with E-state index in [2.05, 4.69) is 20.6 Å². The lowest BCUT2D eigenvalue weighted by molar-refractivity contribution is 0.0699. The van der Waals surface area contributed by atoms with Crippen molar-refractivity contribution in [2.45, 2.75) is 45.4 Å². The Bertz CT molecular complexity index is 982. The summed E-state index contributed by atoms with van der Waals surface area (Å²) < 4.78 is 14.9. The quantitative estimate of drug-likeness (QED) is 0.468. The molecular weight excluding hydrogens is 468 g/mol. The lowest BCUT2D eigenvalue weighted by Crippen LogP contribution is -2.52. The molecule has 1 fully saturated rings. The fraction of sp³-hybridized carbons (Fsp3) is 0.526. The van der Waals surface area contributed by atoms with Crippen molar-refractivity contribution in [1.82, 2.24) is 20.6 Å². The number of H-pyrrole nitrogens is 1. The van der Waals surface area contributed by atoms with Crippen molar-refractivity contribution >= 4 is 51.5 Å². The van der Waals surface area contributed by atoms with Crippen molar-refractivity contribution in [3.8, 4) is 0 Å². The van der Waals surface area contributed by atoms with Gasteiger partial charge < -0.3 is 25.6 Å². The number of nitrogens with one attached hydrogen (secondary N) is 3. The molecule has 3 heterocycles. The molecule has 0 aliphatic carbocycles. The molecule has 0 saturated carbocycles. The van der Waals surface area contributed by atoms with Gasteiger partial charge in [0.2, 0.25) is 0 Å². The van der Waals surface area contributed by atoms with Gasteiger partial charge in [0.05, 0.1) is 28.3 Å². The number of carbonyl (C=O) groups is 2. The van der Waals surface area contributed by atoms with Crippen LogP contribution in [0.25, 0.3) is 0 Å². The number of carboxylic acids is 1. The van der Waals surface area contributed by atoms with Crippen LogP contribution in [0.1, 0.15) is 57.9 Å². The van der Waals surface area contributed by atoms with Crippen molar-refractivity contribution in [1.29, 1.82) is 0 Å². The van der Waals surface area contributed by atoms with Gasteiger partial charge in [0.15, 0.2) is 5.13 Å². The van der Waals surface area contributed by atoms with Crippen LogP contribution in [0.5, 0.6) is 0 Å². The third kappa shape index (κ3) is 4.97. The van der Waals surface area contributed by atoms with E-state index < -0.39 is 24.1 Å². The minimum atomic E-state index is -1.37. The lowest BCUT2D eigenvalue weighted by Gasteiger charge is -2.34. The smallest absolute Gasteiger partial charge is 0.347 e. The molecule has 4 N–H and O–H groups in total. The number of aromatic carboxylic acids is 1. The van der Waals surface area contributed by atoms with E-state index in [-0.39, 0.29) is 33.2 Å². The number of carboxylic acid groups (broad SMARTS) is 1. The van der Waals surface area contributed by atoms with E-state index in [0.717, 1.165) is 11.3 Å². The molecule has 31 heavy (non-hydrogen) atoms. The van der Waals surface area contributed by atoms with E-state index in [4.69, 9.17) is 23.2 Å². The third-order valence-electron chi connectivity index (χ3n) is 5.17. The van der Waals surface area contributed by atoms with Crippen LogP contribution in [0.15, 0.2) is 0 Å². The van der Waals surface area contributed by atoms with Crippen LogP contribution in [-0.4, -0.2) is 58.8 Å². The summed E-state index contributed by atoms with van der Waals surface area (Å²) in [6.07, 6.45) is -1.03. The number of amides is 1. The first kappa shape index (κ1) is 23.8. The number of hydrogen-bond donors (Lipinski definition) is 4. The van der Waals surface area contributed by atoms with Gasteiger partial charge in [-0.1, -0.05) is 41.5 Å². The number of piperidine rings is 1. The number of anilines is 1. The largest absolute Gasteiger partial charge is 0.477 e. The molecule has 0 radical (unpaired) electrons. The number of alkyl halides is 1. The molecule has 2 aromatic rings. The number of nitrogens with zero attached hydrogens (tertiary/aromatic N) is 2. The maximum atomic E-state index is 14.9. The monoisotopic (exact) mass is 491 g/mol. The summed E-state index contributed by atoms with van der Waals surface area (Å²) >= 11 is 13.1. The highest BCUT2D eigenvalue weighted by atomic mass is 35.5. The van der Waals surface area contributed by atoms with E-state index in [9.17, 15) is 19.1 Å². The van der Waals surface area contributed by atoms with Gasteiger partial charge in [-0.2, -0.15) is 0 Å². The first-order valence-electron chi connectivity index (χ1n) is 9.84. The van der Waals surface area contributed by atoms with Gasteiger partial charge >= 0.3 is 5.97 Å². The fourth-order valence-corrected chi connectivity index (χ4v) is 4.97. The number of aromatic amines is 1. The zero-order valence-corrected chi connectivity index (χ0v) is 19.6. The Morgan fingerprint density at radius 1 is 1.42 bits per heavy atom. The number of aromatic nitrogens is 2. The summed E-state index contributed by atoms with van der Waals surface area (Å²) in [6, 6.07) is -0.943. The minimum Gasteiger partial charge on any atom is -0.477 e. The first-order valence-corrected chi connectivity index (χ1v) is 11.4. The minimum absolute atomic E-state index is 0.00914. The fourth-order valence-electron chi connectivity index (χ4n) is 3.51. The zero-order chi connectivity index (χ0) is 22.9. The topological polar surface area (TPSA) is 110 Å². The van der Waals surface area contributed by atoms with Crippen LogP contribution >= 0.6 is 34.5 Å². The average molecular weight is 492 g/mol. The number of halogens is 3. The third-order valence-corrected chi connectivity index (χ3v) is 7.23. The van der Waals surface area contributed by atoms with Gasteiger partial charge in [-0.3, -0.25) is 4.79 Å². The van der Waals surface area contributed by atoms with E-state index in [1.165, 1.54) is 0 Å². The van der Waals surface area contributed by atoms with Crippen LogP contribution in [0.4, 0.5) is 9.52 Å². The van der Waals surface area contributed by atoms with E-state index in [1.54, 1.807) is 11.8 Å². The second-order valence-electron chi connectivity index (χ2n) is 7.38. The van der Waals surface area contributed by atoms with Gasteiger partial charge in [0.1, 0.15) is 16.7 Å². The standard InChI is InChI=1S/C19H24Cl2FN5O3S/c1-4-23-9(3)14-16(18(29)30)31-19(26-14)27-6-5-11(10(22)7-27)25-17(28)15-13(21)12(20)8(2)24-15/h9-11,23-24H,4-7H2,1-3H3,(H,25,28)(H,29,30)/t9?,10-,11+/m0/s1. The van der Waals surface area contributed by atoms with Crippen molar-refractivity contribution in [3.63, 3.8) is 0 Å². The Morgan fingerprint density at radius 2 is 2.13 bits per heavy atom. The molecule has 8 nitrogen and oxygen atoms in total. The molecule has 1 unspecified atom stereocenters. The maximum absolute atomic E-state index is 14.9. The van der Waals surface area contributed by atoms with Crippen LogP contribution < -0.4 is 15.5 Å². The molecule has 0 aromatic carbocycles. The lowest BCUT2D eigenvalue weighted by atomic mass is 10.0. The summed E-state index contributed by atoms with van der Waals surface area (Å²) in [5, 5.41) is 16.2. The summed E-state index contributed by atoms with van der Waals surface area (Å²) in [5.41, 5.74) is 1.10. The summed E-state index contributed by atoms with van der Waals surface area (Å²) in [6.45, 7) is 6.53. The summed E-state index contributed by atoms with van der Waals surface area (Å²) in [4.78, 5) is 33.3. The second kappa shape index (κ2) is 9.72. The van der Waals surface area contributed by atoms with Gasteiger partial charge in [-0.25, -0.2) is 14.2 Å². The molecule has 2 aromatic heterocycles. The number of aryl methyl sites for hydroxylation is 1.